The molecule has 1 aliphatic heterocycles. The molecule has 0 bridgehead atoms. The molecule has 0 unspecified atom stereocenters. The van der Waals surface area contributed by atoms with Crippen LogP contribution in [0.15, 0.2) is 79.0 Å². The predicted octanol–water partition coefficient (Wildman–Crippen LogP) is 5.81. The highest BCUT2D eigenvalue weighted by atomic mass is 16.5. The summed E-state index contributed by atoms with van der Waals surface area (Å²) in [5.41, 5.74) is 7.10. The third-order valence-corrected chi connectivity index (χ3v) is 6.38. The van der Waals surface area contributed by atoms with Gasteiger partial charge in [-0.3, -0.25) is 0 Å². The number of imidazole rings is 1. The fourth-order valence-electron chi connectivity index (χ4n) is 4.69. The molecule has 1 atom stereocenters. The van der Waals surface area contributed by atoms with Crippen molar-refractivity contribution >= 4 is 22.7 Å². The Labute approximate surface area is 203 Å². The molecule has 35 heavy (non-hydrogen) atoms. The summed E-state index contributed by atoms with van der Waals surface area (Å²) in [4.78, 5) is 4.73. The number of aryl methyl sites for hydroxylation is 1. The standard InChI is InChI=1S/C29H23N5O/c1-19-14-21-15-20(12-13-27(21)35-19)28-23(18-34(32-28)24-8-4-3-5-9-24)16-22(17-30)29-31-25-10-6-7-11-26(25)33(29)2/h3-13,15-16,18-19H,14H2,1-2H3/b22-16+/t19-/m0/s1. The van der Waals surface area contributed by atoms with Gasteiger partial charge in [0, 0.05) is 30.8 Å². The maximum absolute atomic E-state index is 10.1. The van der Waals surface area contributed by atoms with Crippen molar-refractivity contribution in [1.29, 1.82) is 5.26 Å². The average molecular weight is 458 g/mol. The van der Waals surface area contributed by atoms with E-state index in [0.717, 1.165) is 45.7 Å². The van der Waals surface area contributed by atoms with E-state index in [-0.39, 0.29) is 6.10 Å². The Hall–Kier alpha value is -4.63. The molecule has 1 aliphatic rings. The van der Waals surface area contributed by atoms with E-state index in [1.807, 2.05) is 95.3 Å². The largest absolute Gasteiger partial charge is 0.490 e. The van der Waals surface area contributed by atoms with Crippen LogP contribution in [-0.2, 0) is 13.5 Å². The molecule has 0 spiro atoms. The van der Waals surface area contributed by atoms with Gasteiger partial charge in [0.05, 0.1) is 22.3 Å². The molecule has 0 amide bonds. The second-order valence-electron chi connectivity index (χ2n) is 8.82. The predicted molar refractivity (Wildman–Crippen MR) is 137 cm³/mol. The SMILES string of the molecule is C[C@H]1Cc2cc(-c3nn(-c4ccccc4)cc3/C=C(\C#N)c3nc4ccccc4n3C)ccc2O1. The zero-order valence-electron chi connectivity index (χ0n) is 19.5. The third-order valence-electron chi connectivity index (χ3n) is 6.38. The lowest BCUT2D eigenvalue weighted by molar-refractivity contribution is 0.254. The van der Waals surface area contributed by atoms with Crippen LogP contribution in [0.4, 0.5) is 0 Å². The summed E-state index contributed by atoms with van der Waals surface area (Å²) in [6.45, 7) is 2.08. The topological polar surface area (TPSA) is 68.7 Å². The molecule has 3 aromatic carbocycles. The monoisotopic (exact) mass is 457 g/mol. The highest BCUT2D eigenvalue weighted by Gasteiger charge is 2.21. The molecular weight excluding hydrogens is 434 g/mol. The van der Waals surface area contributed by atoms with Crippen molar-refractivity contribution in [2.75, 3.05) is 0 Å². The van der Waals surface area contributed by atoms with Crippen LogP contribution >= 0.6 is 0 Å². The van der Waals surface area contributed by atoms with Gasteiger partial charge in [-0.2, -0.15) is 10.4 Å². The number of benzene rings is 3. The lowest BCUT2D eigenvalue weighted by Crippen LogP contribution is -2.05. The summed E-state index contributed by atoms with van der Waals surface area (Å²) in [6.07, 6.45) is 4.90. The third kappa shape index (κ3) is 3.68. The zero-order valence-corrected chi connectivity index (χ0v) is 19.5. The minimum absolute atomic E-state index is 0.171. The number of nitrogens with zero attached hydrogens (tertiary/aromatic N) is 5. The number of aromatic nitrogens is 4. The summed E-state index contributed by atoms with van der Waals surface area (Å²) < 4.78 is 9.71. The Morgan fingerprint density at radius 1 is 1.09 bits per heavy atom. The molecule has 0 aliphatic carbocycles. The van der Waals surface area contributed by atoms with Crippen molar-refractivity contribution in [1.82, 2.24) is 19.3 Å². The van der Waals surface area contributed by atoms with Crippen LogP contribution in [0.2, 0.25) is 0 Å². The summed E-state index contributed by atoms with van der Waals surface area (Å²) in [7, 11) is 1.94. The van der Waals surface area contributed by atoms with Crippen molar-refractivity contribution in [3.63, 3.8) is 0 Å². The first-order chi connectivity index (χ1) is 17.1. The van der Waals surface area contributed by atoms with Gasteiger partial charge in [0.2, 0.25) is 0 Å². The summed E-state index contributed by atoms with van der Waals surface area (Å²) >= 11 is 0. The Bertz CT molecular complexity index is 1640. The molecule has 0 saturated carbocycles. The van der Waals surface area contributed by atoms with E-state index in [1.165, 1.54) is 5.56 Å². The van der Waals surface area contributed by atoms with Gasteiger partial charge >= 0.3 is 0 Å². The van der Waals surface area contributed by atoms with Gasteiger partial charge in [-0.1, -0.05) is 30.3 Å². The van der Waals surface area contributed by atoms with E-state index >= 15 is 0 Å². The normalized spacial score (nSPS) is 15.1. The second kappa shape index (κ2) is 8.30. The maximum atomic E-state index is 10.1. The highest BCUT2D eigenvalue weighted by molar-refractivity contribution is 5.93. The second-order valence-corrected chi connectivity index (χ2v) is 8.82. The highest BCUT2D eigenvalue weighted by Crippen LogP contribution is 2.35. The van der Waals surface area contributed by atoms with Crippen molar-refractivity contribution in [2.24, 2.45) is 7.05 Å². The summed E-state index contributed by atoms with van der Waals surface area (Å²) in [5.74, 6) is 1.56. The van der Waals surface area contributed by atoms with E-state index < -0.39 is 0 Å². The molecule has 170 valence electrons. The number of nitriles is 1. The van der Waals surface area contributed by atoms with Crippen molar-refractivity contribution in [3.8, 4) is 28.8 Å². The molecule has 0 fully saturated rings. The van der Waals surface area contributed by atoms with Gasteiger partial charge in [0.25, 0.3) is 0 Å². The van der Waals surface area contributed by atoms with Gasteiger partial charge in [0.1, 0.15) is 23.6 Å². The molecule has 0 saturated heterocycles. The molecule has 6 heteroatoms. The van der Waals surface area contributed by atoms with Crippen molar-refractivity contribution in [2.45, 2.75) is 19.4 Å². The van der Waals surface area contributed by atoms with Gasteiger partial charge in [-0.25, -0.2) is 9.67 Å². The average Bonchev–Trinajstić information content (AvgIpc) is 3.57. The minimum atomic E-state index is 0.171. The van der Waals surface area contributed by atoms with E-state index in [2.05, 4.69) is 19.1 Å². The summed E-state index contributed by atoms with van der Waals surface area (Å²) in [6, 6.07) is 26.4. The van der Waals surface area contributed by atoms with Crippen LogP contribution in [-0.4, -0.2) is 25.4 Å². The number of allylic oxidation sites excluding steroid dienone is 1. The van der Waals surface area contributed by atoms with Crippen LogP contribution in [0.5, 0.6) is 5.75 Å². The number of para-hydroxylation sites is 3. The van der Waals surface area contributed by atoms with Gasteiger partial charge < -0.3 is 9.30 Å². The van der Waals surface area contributed by atoms with Crippen LogP contribution in [0.3, 0.4) is 0 Å². The number of rotatable bonds is 4. The Morgan fingerprint density at radius 2 is 1.89 bits per heavy atom. The van der Waals surface area contributed by atoms with E-state index in [9.17, 15) is 5.26 Å². The first kappa shape index (κ1) is 20.9. The first-order valence-electron chi connectivity index (χ1n) is 11.6. The van der Waals surface area contributed by atoms with E-state index in [1.54, 1.807) is 0 Å². The van der Waals surface area contributed by atoms with Crippen LogP contribution < -0.4 is 4.74 Å². The Kier molecular flexibility index (Phi) is 4.97. The number of hydrogen-bond donors (Lipinski definition) is 0. The molecule has 3 heterocycles. The zero-order chi connectivity index (χ0) is 23.9. The van der Waals surface area contributed by atoms with Crippen LogP contribution in [0.1, 0.15) is 23.9 Å². The van der Waals surface area contributed by atoms with E-state index in [0.29, 0.717) is 11.4 Å². The molecule has 5 aromatic rings. The lowest BCUT2D eigenvalue weighted by Gasteiger charge is -2.04. The Balaban J connectivity index is 1.52. The van der Waals surface area contributed by atoms with E-state index in [4.69, 9.17) is 14.8 Å². The molecule has 0 N–H and O–H groups in total. The number of hydrogen-bond acceptors (Lipinski definition) is 4. The molecule has 2 aromatic heterocycles. The first-order valence-corrected chi connectivity index (χ1v) is 11.6. The number of ether oxygens (including phenoxy) is 1. The van der Waals surface area contributed by atoms with Gasteiger partial charge in [-0.05, 0) is 61.0 Å². The minimum Gasteiger partial charge on any atom is -0.490 e. The fourth-order valence-corrected chi connectivity index (χ4v) is 4.69. The van der Waals surface area contributed by atoms with Gasteiger partial charge in [0.15, 0.2) is 5.82 Å². The fraction of sp³-hybridized carbons (Fsp3) is 0.138. The maximum Gasteiger partial charge on any atom is 0.151 e. The molecule has 0 radical (unpaired) electrons. The molecule has 6 rings (SSSR count). The van der Waals surface area contributed by atoms with Gasteiger partial charge in [-0.15, -0.1) is 0 Å². The van der Waals surface area contributed by atoms with Crippen LogP contribution in [0.25, 0.3) is 39.6 Å². The Morgan fingerprint density at radius 3 is 2.69 bits per heavy atom. The molecule has 6 nitrogen and oxygen atoms in total. The smallest absolute Gasteiger partial charge is 0.151 e. The van der Waals surface area contributed by atoms with Crippen LogP contribution in [0, 0.1) is 11.3 Å². The van der Waals surface area contributed by atoms with Crippen molar-refractivity contribution < 1.29 is 4.74 Å². The van der Waals surface area contributed by atoms with Crippen molar-refractivity contribution in [3.05, 3.63) is 95.9 Å². The summed E-state index contributed by atoms with van der Waals surface area (Å²) in [5, 5.41) is 15.1. The quantitative estimate of drug-likeness (QED) is 0.319. The lowest BCUT2D eigenvalue weighted by atomic mass is 10.0. The molecular formula is C29H23N5O. The number of fused-ring (bicyclic) bond motifs is 2.